The molecule has 0 fully saturated rings. The Balaban J connectivity index is 1.42. The van der Waals surface area contributed by atoms with Crippen LogP contribution in [0, 0.1) is 0 Å². The summed E-state index contributed by atoms with van der Waals surface area (Å²) < 4.78 is 0. The first-order valence-corrected chi connectivity index (χ1v) is 31.7. The van der Waals surface area contributed by atoms with E-state index in [0.29, 0.717) is 5.02 Å². The second-order valence-corrected chi connectivity index (χ2v) is 22.3. The number of anilines is 8. The van der Waals surface area contributed by atoms with Crippen molar-refractivity contribution in [2.24, 2.45) is 0 Å². The summed E-state index contributed by atoms with van der Waals surface area (Å²) in [6.07, 6.45) is 43.1. The molecular formula is C70H105ClN4. The normalized spacial score (nSPS) is 11.3. The molecule has 0 saturated carbocycles. The van der Waals surface area contributed by atoms with Crippen LogP contribution in [0.2, 0.25) is 5.02 Å². The van der Waals surface area contributed by atoms with E-state index in [9.17, 15) is 0 Å². The molecule has 0 radical (unpaired) electrons. The van der Waals surface area contributed by atoms with E-state index in [2.05, 4.69) is 175 Å². The lowest BCUT2D eigenvalue weighted by Gasteiger charge is -2.31. The monoisotopic (exact) mass is 1040 g/mol. The zero-order valence-corrected chi connectivity index (χ0v) is 49.0. The number of nitrogens with zero attached hydrogens (tertiary/aromatic N) is 4. The SMILES string of the molecule is CCCCCCCCCCN(CCCCCCCCCC)c1ccc(N(c2ccc(N(CCCCCCCCCC)CCCCCCCCCC)cc2)c2ccc(N(c3ccccc3)c3ccccc3)c(Cl)c2)cc1. The summed E-state index contributed by atoms with van der Waals surface area (Å²) in [4.78, 5) is 10.1. The molecule has 0 bridgehead atoms. The van der Waals surface area contributed by atoms with Crippen LogP contribution in [0.15, 0.2) is 127 Å². The Morgan fingerprint density at radius 2 is 0.507 bits per heavy atom. The van der Waals surface area contributed by atoms with Gasteiger partial charge in [0.25, 0.3) is 0 Å². The minimum atomic E-state index is 0.710. The number of para-hydroxylation sites is 2. The van der Waals surface area contributed by atoms with Gasteiger partial charge in [-0.1, -0.05) is 255 Å². The minimum absolute atomic E-state index is 0.710. The first-order valence-electron chi connectivity index (χ1n) is 31.3. The van der Waals surface area contributed by atoms with Gasteiger partial charge >= 0.3 is 0 Å². The molecule has 0 aliphatic carbocycles. The van der Waals surface area contributed by atoms with Gasteiger partial charge in [-0.05, 0) is 117 Å². The maximum Gasteiger partial charge on any atom is 0.0667 e. The van der Waals surface area contributed by atoms with Crippen LogP contribution in [0.25, 0.3) is 0 Å². The third kappa shape index (κ3) is 23.4. The maximum absolute atomic E-state index is 7.50. The Morgan fingerprint density at radius 3 is 0.800 bits per heavy atom. The highest BCUT2D eigenvalue weighted by Gasteiger charge is 2.20. The molecule has 5 rings (SSSR count). The van der Waals surface area contributed by atoms with E-state index < -0.39 is 0 Å². The van der Waals surface area contributed by atoms with Gasteiger partial charge in [0.05, 0.1) is 10.7 Å². The zero-order chi connectivity index (χ0) is 52.8. The van der Waals surface area contributed by atoms with Crippen LogP contribution in [0.3, 0.4) is 0 Å². The summed E-state index contributed by atoms with van der Waals surface area (Å²) in [7, 11) is 0. The molecule has 0 N–H and O–H groups in total. The highest BCUT2D eigenvalue weighted by molar-refractivity contribution is 6.34. The lowest BCUT2D eigenvalue weighted by Crippen LogP contribution is -2.26. The van der Waals surface area contributed by atoms with Crippen molar-refractivity contribution >= 4 is 57.1 Å². The molecular weight excluding hydrogens is 932 g/mol. The fourth-order valence-electron chi connectivity index (χ4n) is 11.0. The molecule has 5 aromatic rings. The Kier molecular flexibility index (Phi) is 32.0. The van der Waals surface area contributed by atoms with Crippen molar-refractivity contribution in [2.45, 2.75) is 233 Å². The van der Waals surface area contributed by atoms with Crippen LogP contribution in [-0.2, 0) is 0 Å². The molecule has 0 atom stereocenters. The molecule has 0 aliphatic heterocycles. The van der Waals surface area contributed by atoms with Gasteiger partial charge in [0.15, 0.2) is 0 Å². The van der Waals surface area contributed by atoms with E-state index in [0.717, 1.165) is 60.3 Å². The Morgan fingerprint density at radius 1 is 0.253 bits per heavy atom. The number of benzene rings is 5. The lowest BCUT2D eigenvalue weighted by molar-refractivity contribution is 0.555. The van der Waals surface area contributed by atoms with Crippen LogP contribution in [0.1, 0.15) is 233 Å². The second kappa shape index (κ2) is 39.0. The predicted octanol–water partition coefficient (Wildman–Crippen LogP) is 23.5. The van der Waals surface area contributed by atoms with Crippen LogP contribution < -0.4 is 19.6 Å². The van der Waals surface area contributed by atoms with Crippen molar-refractivity contribution in [1.82, 2.24) is 0 Å². The summed E-state index contributed by atoms with van der Waals surface area (Å²) >= 11 is 7.50. The van der Waals surface area contributed by atoms with Crippen molar-refractivity contribution in [3.8, 4) is 0 Å². The molecule has 0 amide bonds. The fraction of sp³-hybridized carbons (Fsp3) is 0.571. The summed E-state index contributed by atoms with van der Waals surface area (Å²) in [5, 5.41) is 0.710. The highest BCUT2D eigenvalue weighted by Crippen LogP contribution is 2.43. The molecule has 0 aromatic heterocycles. The highest BCUT2D eigenvalue weighted by atomic mass is 35.5. The Hall–Kier alpha value is -4.41. The number of halogens is 1. The van der Waals surface area contributed by atoms with E-state index in [4.69, 9.17) is 11.6 Å². The molecule has 5 heteroatoms. The molecule has 0 aliphatic rings. The summed E-state index contributed by atoms with van der Waals surface area (Å²) in [6, 6.07) is 46.8. The zero-order valence-electron chi connectivity index (χ0n) is 48.2. The van der Waals surface area contributed by atoms with Crippen LogP contribution >= 0.6 is 11.6 Å². The van der Waals surface area contributed by atoms with Gasteiger partial charge in [-0.25, -0.2) is 0 Å². The van der Waals surface area contributed by atoms with Crippen LogP contribution in [0.5, 0.6) is 0 Å². The van der Waals surface area contributed by atoms with Gasteiger partial charge < -0.3 is 19.6 Å². The largest absolute Gasteiger partial charge is 0.372 e. The molecule has 412 valence electrons. The quantitative estimate of drug-likeness (QED) is 0.0361. The number of hydrogen-bond donors (Lipinski definition) is 0. The molecule has 0 unspecified atom stereocenters. The second-order valence-electron chi connectivity index (χ2n) is 21.9. The third-order valence-electron chi connectivity index (χ3n) is 15.5. The number of hydrogen-bond acceptors (Lipinski definition) is 4. The van der Waals surface area contributed by atoms with Crippen molar-refractivity contribution in [2.75, 3.05) is 45.8 Å². The summed E-state index contributed by atoms with van der Waals surface area (Å²) in [5.74, 6) is 0. The summed E-state index contributed by atoms with van der Waals surface area (Å²) in [5.41, 5.74) is 9.13. The van der Waals surface area contributed by atoms with E-state index in [1.165, 1.54) is 217 Å². The number of unbranched alkanes of at least 4 members (excludes halogenated alkanes) is 28. The van der Waals surface area contributed by atoms with Crippen molar-refractivity contribution in [1.29, 1.82) is 0 Å². The van der Waals surface area contributed by atoms with Gasteiger partial charge in [0, 0.05) is 66.0 Å². The number of rotatable bonds is 44. The average Bonchev–Trinajstić information content (AvgIpc) is 3.44. The molecule has 4 nitrogen and oxygen atoms in total. The topological polar surface area (TPSA) is 13.0 Å². The first-order chi connectivity index (χ1) is 37.1. The Bertz CT molecular complexity index is 1960. The van der Waals surface area contributed by atoms with E-state index in [1.54, 1.807) is 0 Å². The first kappa shape index (κ1) is 61.4. The van der Waals surface area contributed by atoms with Crippen molar-refractivity contribution in [3.63, 3.8) is 0 Å². The fourth-order valence-corrected chi connectivity index (χ4v) is 11.2. The van der Waals surface area contributed by atoms with Crippen LogP contribution in [0.4, 0.5) is 45.5 Å². The smallest absolute Gasteiger partial charge is 0.0667 e. The molecule has 75 heavy (non-hydrogen) atoms. The average molecular weight is 1040 g/mol. The Labute approximate surface area is 466 Å². The van der Waals surface area contributed by atoms with Gasteiger partial charge in [0.2, 0.25) is 0 Å². The molecule has 0 heterocycles. The van der Waals surface area contributed by atoms with E-state index >= 15 is 0 Å². The van der Waals surface area contributed by atoms with Gasteiger partial charge in [-0.2, -0.15) is 0 Å². The third-order valence-corrected chi connectivity index (χ3v) is 15.8. The lowest BCUT2D eigenvalue weighted by atomic mass is 10.1. The maximum atomic E-state index is 7.50. The van der Waals surface area contributed by atoms with Gasteiger partial charge in [-0.15, -0.1) is 0 Å². The molecule has 5 aromatic carbocycles. The predicted molar refractivity (Wildman–Crippen MR) is 336 cm³/mol. The summed E-state index contributed by atoms with van der Waals surface area (Å²) in [6.45, 7) is 13.8. The molecule has 0 saturated heterocycles. The van der Waals surface area contributed by atoms with Gasteiger partial charge in [0.1, 0.15) is 0 Å². The van der Waals surface area contributed by atoms with E-state index in [1.807, 2.05) is 0 Å². The van der Waals surface area contributed by atoms with Crippen molar-refractivity contribution in [3.05, 3.63) is 132 Å². The minimum Gasteiger partial charge on any atom is -0.372 e. The van der Waals surface area contributed by atoms with Crippen molar-refractivity contribution < 1.29 is 0 Å². The molecule has 0 spiro atoms. The van der Waals surface area contributed by atoms with Crippen LogP contribution in [-0.4, -0.2) is 26.2 Å². The standard InChI is InChI=1S/C70H105ClN4/c1-5-9-13-17-21-25-29-39-57-72(58-40-30-26-22-18-14-10-6-2)62-47-51-66(52-48-62)74(68-55-56-70(69(71)61-68)75(64-43-35-33-36-44-64)65-45-37-34-38-46-65)67-53-49-63(50-54-67)73(59-41-31-27-23-19-15-11-7-3)60-42-32-28-24-20-16-12-8-4/h33-38,43-56,61H,5-32,39-42,57-60H2,1-4H3. The van der Waals surface area contributed by atoms with E-state index in [-0.39, 0.29) is 0 Å². The van der Waals surface area contributed by atoms with Gasteiger partial charge in [-0.3, -0.25) is 0 Å².